The molecular formula is C16H16Cl2O6. The molecule has 0 radical (unpaired) electrons. The van der Waals surface area contributed by atoms with E-state index in [0.29, 0.717) is 24.0 Å². The summed E-state index contributed by atoms with van der Waals surface area (Å²) < 4.78 is 14.7. The molecule has 2 rings (SSSR count). The van der Waals surface area contributed by atoms with Crippen molar-refractivity contribution in [2.24, 2.45) is 5.92 Å². The number of Topliss-reactive ketones (excluding diaryl/α,β-unsaturated/α-hetero) is 1. The molecule has 0 spiro atoms. The minimum atomic E-state index is -0.557. The lowest BCUT2D eigenvalue weighted by atomic mass is 10.0. The SMILES string of the molecule is COC(=O)COc1cc2c(c(Cl)c1Cl)C(=O)C(CCOC(C)=O)C2. The van der Waals surface area contributed by atoms with Gasteiger partial charge in [-0.25, -0.2) is 4.79 Å². The highest BCUT2D eigenvalue weighted by molar-refractivity contribution is 6.45. The van der Waals surface area contributed by atoms with Crippen molar-refractivity contribution >= 4 is 40.9 Å². The molecule has 130 valence electrons. The average Bonchev–Trinajstić information content (AvgIpc) is 2.85. The molecular weight excluding hydrogens is 359 g/mol. The van der Waals surface area contributed by atoms with Gasteiger partial charge in [0.15, 0.2) is 12.4 Å². The van der Waals surface area contributed by atoms with Gasteiger partial charge in [0, 0.05) is 18.4 Å². The number of carbonyl (C=O) groups excluding carboxylic acids is 3. The number of ether oxygens (including phenoxy) is 3. The molecule has 6 nitrogen and oxygen atoms in total. The van der Waals surface area contributed by atoms with Gasteiger partial charge in [0.2, 0.25) is 0 Å². The Hall–Kier alpha value is -1.79. The maximum atomic E-state index is 12.5. The van der Waals surface area contributed by atoms with Gasteiger partial charge in [-0.1, -0.05) is 23.2 Å². The van der Waals surface area contributed by atoms with E-state index in [-0.39, 0.29) is 40.7 Å². The number of benzene rings is 1. The van der Waals surface area contributed by atoms with Gasteiger partial charge in [0.05, 0.1) is 18.7 Å². The van der Waals surface area contributed by atoms with Crippen molar-refractivity contribution in [1.82, 2.24) is 0 Å². The van der Waals surface area contributed by atoms with Crippen molar-refractivity contribution in [1.29, 1.82) is 0 Å². The number of carbonyl (C=O) groups is 3. The van der Waals surface area contributed by atoms with E-state index in [1.54, 1.807) is 6.07 Å². The van der Waals surface area contributed by atoms with Crippen LogP contribution in [0.25, 0.3) is 0 Å². The summed E-state index contributed by atoms with van der Waals surface area (Å²) in [5, 5.41) is 0.183. The van der Waals surface area contributed by atoms with E-state index in [9.17, 15) is 14.4 Å². The van der Waals surface area contributed by atoms with E-state index in [1.807, 2.05) is 0 Å². The molecule has 0 aromatic heterocycles. The van der Waals surface area contributed by atoms with Crippen LogP contribution in [0.3, 0.4) is 0 Å². The first kappa shape index (κ1) is 18.5. The van der Waals surface area contributed by atoms with Crippen LogP contribution in [-0.2, 0) is 25.5 Å². The summed E-state index contributed by atoms with van der Waals surface area (Å²) in [6.07, 6.45) is 0.848. The quantitative estimate of drug-likeness (QED) is 0.712. The van der Waals surface area contributed by atoms with Gasteiger partial charge < -0.3 is 14.2 Å². The van der Waals surface area contributed by atoms with Crippen molar-refractivity contribution < 1.29 is 28.6 Å². The molecule has 8 heteroatoms. The highest BCUT2D eigenvalue weighted by Gasteiger charge is 2.34. The number of hydrogen-bond acceptors (Lipinski definition) is 6. The Balaban J connectivity index is 2.16. The zero-order valence-corrected chi connectivity index (χ0v) is 14.7. The fourth-order valence-corrected chi connectivity index (χ4v) is 3.03. The van der Waals surface area contributed by atoms with Crippen LogP contribution in [0, 0.1) is 5.92 Å². The van der Waals surface area contributed by atoms with Crippen molar-refractivity contribution in [3.63, 3.8) is 0 Å². The smallest absolute Gasteiger partial charge is 0.343 e. The van der Waals surface area contributed by atoms with Crippen LogP contribution in [-0.4, -0.2) is 38.0 Å². The predicted molar refractivity (Wildman–Crippen MR) is 86.7 cm³/mol. The Bertz CT molecular complexity index is 686. The van der Waals surface area contributed by atoms with Crippen LogP contribution in [0.15, 0.2) is 6.07 Å². The maximum Gasteiger partial charge on any atom is 0.343 e. The lowest BCUT2D eigenvalue weighted by molar-refractivity contribution is -0.143. The molecule has 0 aliphatic heterocycles. The Labute approximate surface area is 149 Å². The van der Waals surface area contributed by atoms with Crippen LogP contribution in [0.4, 0.5) is 0 Å². The van der Waals surface area contributed by atoms with Crippen LogP contribution in [0.5, 0.6) is 5.75 Å². The number of methoxy groups -OCH3 is 1. The normalized spacial score (nSPS) is 15.8. The molecule has 1 atom stereocenters. The molecule has 0 amide bonds. The molecule has 0 heterocycles. The molecule has 0 saturated carbocycles. The number of ketones is 1. The molecule has 0 fully saturated rings. The Morgan fingerprint density at radius 2 is 2.00 bits per heavy atom. The van der Waals surface area contributed by atoms with Crippen LogP contribution >= 0.6 is 23.2 Å². The van der Waals surface area contributed by atoms with Crippen molar-refractivity contribution in [2.75, 3.05) is 20.3 Å². The Morgan fingerprint density at radius 3 is 2.62 bits per heavy atom. The van der Waals surface area contributed by atoms with E-state index in [2.05, 4.69) is 4.74 Å². The summed E-state index contributed by atoms with van der Waals surface area (Å²) in [5.41, 5.74) is 1.06. The Kier molecular flexibility index (Phi) is 6.07. The fraction of sp³-hybridized carbons (Fsp3) is 0.438. The second-order valence-electron chi connectivity index (χ2n) is 5.30. The third-order valence-corrected chi connectivity index (χ3v) is 4.53. The number of fused-ring (bicyclic) bond motifs is 1. The van der Waals surface area contributed by atoms with Crippen LogP contribution in [0.1, 0.15) is 29.3 Å². The van der Waals surface area contributed by atoms with Gasteiger partial charge in [-0.2, -0.15) is 0 Å². The first-order valence-corrected chi connectivity index (χ1v) is 7.98. The lowest BCUT2D eigenvalue weighted by Crippen LogP contribution is -2.13. The molecule has 0 N–H and O–H groups in total. The third kappa shape index (κ3) is 3.99. The molecule has 0 bridgehead atoms. The lowest BCUT2D eigenvalue weighted by Gasteiger charge is -2.11. The minimum absolute atomic E-state index is 0.0771. The van der Waals surface area contributed by atoms with Gasteiger partial charge in [0.1, 0.15) is 10.8 Å². The summed E-state index contributed by atoms with van der Waals surface area (Å²) in [6, 6.07) is 1.61. The highest BCUT2D eigenvalue weighted by atomic mass is 35.5. The summed E-state index contributed by atoms with van der Waals surface area (Å²) in [5.74, 6) is -1.19. The molecule has 1 unspecified atom stereocenters. The van der Waals surface area contributed by atoms with Crippen LogP contribution in [0.2, 0.25) is 10.0 Å². The average molecular weight is 375 g/mol. The minimum Gasteiger partial charge on any atom is -0.480 e. The van der Waals surface area contributed by atoms with Crippen molar-refractivity contribution in [3.05, 3.63) is 27.2 Å². The second kappa shape index (κ2) is 7.85. The Morgan fingerprint density at radius 1 is 1.29 bits per heavy atom. The summed E-state index contributed by atoms with van der Waals surface area (Å²) >= 11 is 12.3. The third-order valence-electron chi connectivity index (χ3n) is 3.68. The van der Waals surface area contributed by atoms with E-state index in [0.717, 1.165) is 0 Å². The summed E-state index contributed by atoms with van der Waals surface area (Å²) in [6.45, 7) is 1.17. The standard InChI is InChI=1S/C16H16Cl2O6/c1-8(19)23-4-3-9-5-10-6-11(24-7-12(20)22-2)14(17)15(18)13(10)16(9)21/h6,9H,3-5,7H2,1-2H3. The van der Waals surface area contributed by atoms with E-state index < -0.39 is 11.9 Å². The van der Waals surface area contributed by atoms with Gasteiger partial charge in [-0.15, -0.1) is 0 Å². The molecule has 1 aromatic carbocycles. The first-order valence-electron chi connectivity index (χ1n) is 7.23. The highest BCUT2D eigenvalue weighted by Crippen LogP contribution is 2.42. The zero-order valence-electron chi connectivity index (χ0n) is 13.2. The maximum absolute atomic E-state index is 12.5. The first-order chi connectivity index (χ1) is 11.3. The zero-order chi connectivity index (χ0) is 17.9. The molecule has 1 aliphatic carbocycles. The van der Waals surface area contributed by atoms with Crippen LogP contribution < -0.4 is 4.74 Å². The number of halogens is 2. The fourth-order valence-electron chi connectivity index (χ4n) is 2.52. The number of hydrogen-bond donors (Lipinski definition) is 0. The molecule has 0 saturated heterocycles. The number of rotatable bonds is 6. The van der Waals surface area contributed by atoms with Gasteiger partial charge in [0.25, 0.3) is 0 Å². The van der Waals surface area contributed by atoms with Crippen molar-refractivity contribution in [2.45, 2.75) is 19.8 Å². The predicted octanol–water partition coefficient (Wildman–Crippen LogP) is 2.85. The second-order valence-corrected chi connectivity index (χ2v) is 6.05. The van der Waals surface area contributed by atoms with Gasteiger partial charge >= 0.3 is 11.9 Å². The topological polar surface area (TPSA) is 78.9 Å². The van der Waals surface area contributed by atoms with E-state index in [4.69, 9.17) is 32.7 Å². The van der Waals surface area contributed by atoms with Crippen molar-refractivity contribution in [3.8, 4) is 5.75 Å². The van der Waals surface area contributed by atoms with E-state index >= 15 is 0 Å². The summed E-state index contributed by atoms with van der Waals surface area (Å²) in [4.78, 5) is 34.5. The molecule has 24 heavy (non-hydrogen) atoms. The van der Waals surface area contributed by atoms with Gasteiger partial charge in [-0.3, -0.25) is 9.59 Å². The largest absolute Gasteiger partial charge is 0.480 e. The van der Waals surface area contributed by atoms with E-state index in [1.165, 1.54) is 14.0 Å². The molecule has 1 aromatic rings. The summed E-state index contributed by atoms with van der Waals surface area (Å²) in [7, 11) is 1.25. The number of esters is 2. The molecule has 1 aliphatic rings. The monoisotopic (exact) mass is 374 g/mol. The van der Waals surface area contributed by atoms with Gasteiger partial charge in [-0.05, 0) is 24.5 Å².